The van der Waals surface area contributed by atoms with Gasteiger partial charge in [-0.2, -0.15) is 0 Å². The highest BCUT2D eigenvalue weighted by molar-refractivity contribution is 5.77. The van der Waals surface area contributed by atoms with Gasteiger partial charge < -0.3 is 10.4 Å². The van der Waals surface area contributed by atoms with Gasteiger partial charge in [0, 0.05) is 6.04 Å². The topological polar surface area (TPSA) is 110 Å². The van der Waals surface area contributed by atoms with Crippen LogP contribution in [0.4, 0.5) is 0 Å². The zero-order valence-corrected chi connectivity index (χ0v) is 11.3. The van der Waals surface area contributed by atoms with Crippen LogP contribution < -0.4 is 5.32 Å². The molecule has 1 rings (SSSR count). The zero-order valence-electron chi connectivity index (χ0n) is 11.3. The minimum absolute atomic E-state index is 0.0206. The normalized spacial score (nSPS) is 13.0. The van der Waals surface area contributed by atoms with E-state index in [0.717, 1.165) is 0 Å². The molecule has 0 saturated heterocycles. The van der Waals surface area contributed by atoms with Gasteiger partial charge in [0.05, 0.1) is 6.42 Å². The molecule has 1 atom stereocenters. The van der Waals surface area contributed by atoms with Gasteiger partial charge in [0.2, 0.25) is 5.91 Å². The zero-order chi connectivity index (χ0) is 14.5. The van der Waals surface area contributed by atoms with E-state index in [4.69, 9.17) is 5.11 Å². The number of amides is 1. The summed E-state index contributed by atoms with van der Waals surface area (Å²) < 4.78 is 1.28. The number of tetrazole rings is 1. The smallest absolute Gasteiger partial charge is 0.305 e. The van der Waals surface area contributed by atoms with Gasteiger partial charge in [0.25, 0.3) is 0 Å². The van der Waals surface area contributed by atoms with Crippen molar-refractivity contribution in [1.29, 1.82) is 0 Å². The van der Waals surface area contributed by atoms with Crippen molar-refractivity contribution in [2.45, 2.75) is 46.2 Å². The highest BCUT2D eigenvalue weighted by Gasteiger charge is 2.22. The third kappa shape index (κ3) is 6.49. The molecule has 0 aliphatic rings. The Labute approximate surface area is 111 Å². The molecule has 1 aromatic rings. The number of carboxylic acids is 1. The number of rotatable bonds is 6. The highest BCUT2D eigenvalue weighted by Crippen LogP contribution is 2.22. The van der Waals surface area contributed by atoms with Crippen molar-refractivity contribution < 1.29 is 14.7 Å². The molecule has 0 aliphatic carbocycles. The molecule has 106 valence electrons. The van der Waals surface area contributed by atoms with Crippen LogP contribution in [-0.2, 0) is 16.1 Å². The molecule has 0 spiro atoms. The Morgan fingerprint density at radius 2 is 2.11 bits per heavy atom. The maximum absolute atomic E-state index is 11.8. The Kier molecular flexibility index (Phi) is 4.96. The van der Waals surface area contributed by atoms with E-state index >= 15 is 0 Å². The molecule has 8 nitrogen and oxygen atoms in total. The van der Waals surface area contributed by atoms with E-state index in [2.05, 4.69) is 20.8 Å². The predicted molar refractivity (Wildman–Crippen MR) is 66.1 cm³/mol. The fourth-order valence-corrected chi connectivity index (χ4v) is 1.80. The molecule has 0 aromatic carbocycles. The summed E-state index contributed by atoms with van der Waals surface area (Å²) >= 11 is 0. The molecule has 1 heterocycles. The van der Waals surface area contributed by atoms with Crippen molar-refractivity contribution >= 4 is 11.9 Å². The summed E-state index contributed by atoms with van der Waals surface area (Å²) in [4.78, 5) is 22.6. The van der Waals surface area contributed by atoms with Crippen molar-refractivity contribution in [2.75, 3.05) is 0 Å². The molecule has 19 heavy (non-hydrogen) atoms. The minimum atomic E-state index is -0.933. The average molecular weight is 269 g/mol. The second-order valence-electron chi connectivity index (χ2n) is 5.63. The van der Waals surface area contributed by atoms with E-state index in [1.165, 1.54) is 11.0 Å². The van der Waals surface area contributed by atoms with Gasteiger partial charge >= 0.3 is 5.97 Å². The van der Waals surface area contributed by atoms with Gasteiger partial charge in [0.15, 0.2) is 0 Å². The van der Waals surface area contributed by atoms with E-state index in [1.807, 2.05) is 20.8 Å². The van der Waals surface area contributed by atoms with E-state index in [1.54, 1.807) is 0 Å². The molecule has 0 radical (unpaired) electrons. The van der Waals surface area contributed by atoms with Crippen molar-refractivity contribution in [2.24, 2.45) is 5.41 Å². The number of nitrogens with zero attached hydrogens (tertiary/aromatic N) is 4. The maximum Gasteiger partial charge on any atom is 0.305 e. The van der Waals surface area contributed by atoms with Gasteiger partial charge in [-0.05, 0) is 22.3 Å². The number of aliphatic carboxylic acids is 1. The Morgan fingerprint density at radius 1 is 1.42 bits per heavy atom. The van der Waals surface area contributed by atoms with Gasteiger partial charge in [-0.3, -0.25) is 9.59 Å². The number of carbonyl (C=O) groups is 2. The van der Waals surface area contributed by atoms with Crippen molar-refractivity contribution in [3.05, 3.63) is 6.33 Å². The molecule has 0 fully saturated rings. The van der Waals surface area contributed by atoms with Crippen molar-refractivity contribution in [1.82, 2.24) is 25.5 Å². The van der Waals surface area contributed by atoms with Gasteiger partial charge in [-0.25, -0.2) is 4.68 Å². The lowest BCUT2D eigenvalue weighted by Crippen LogP contribution is -2.40. The van der Waals surface area contributed by atoms with Crippen LogP contribution in [0.2, 0.25) is 0 Å². The lowest BCUT2D eigenvalue weighted by molar-refractivity contribution is -0.137. The fourth-order valence-electron chi connectivity index (χ4n) is 1.80. The summed E-state index contributed by atoms with van der Waals surface area (Å²) in [5.74, 6) is -1.24. The summed E-state index contributed by atoms with van der Waals surface area (Å²) in [7, 11) is 0. The quantitative estimate of drug-likeness (QED) is 0.756. The van der Waals surface area contributed by atoms with Crippen LogP contribution in [0.5, 0.6) is 0 Å². The number of nitrogens with one attached hydrogen (secondary N) is 1. The van der Waals surface area contributed by atoms with Crippen molar-refractivity contribution in [3.63, 3.8) is 0 Å². The second-order valence-corrected chi connectivity index (χ2v) is 5.63. The van der Waals surface area contributed by atoms with Gasteiger partial charge in [-0.15, -0.1) is 5.10 Å². The lowest BCUT2D eigenvalue weighted by atomic mass is 9.87. The summed E-state index contributed by atoms with van der Waals surface area (Å²) in [6.07, 6.45) is 1.81. The third-order valence-electron chi connectivity index (χ3n) is 2.34. The van der Waals surface area contributed by atoms with Gasteiger partial charge in [-0.1, -0.05) is 20.8 Å². The van der Waals surface area contributed by atoms with E-state index in [0.29, 0.717) is 6.42 Å². The Balaban J connectivity index is 2.55. The first-order valence-corrected chi connectivity index (χ1v) is 5.98. The minimum Gasteiger partial charge on any atom is -0.481 e. The molecule has 0 aliphatic heterocycles. The standard InChI is InChI=1S/C11H19N5O3/c1-11(2,3)5-8(4-10(18)19)13-9(17)6-16-7-12-14-15-16/h7-8H,4-6H2,1-3H3,(H,13,17)(H,18,19). The molecule has 1 amide bonds. The monoisotopic (exact) mass is 269 g/mol. The summed E-state index contributed by atoms with van der Waals surface area (Å²) in [6.45, 7) is 5.97. The maximum atomic E-state index is 11.8. The fraction of sp³-hybridized carbons (Fsp3) is 0.727. The third-order valence-corrected chi connectivity index (χ3v) is 2.34. The number of carbonyl (C=O) groups excluding carboxylic acids is 1. The van der Waals surface area contributed by atoms with Crippen LogP contribution >= 0.6 is 0 Å². The van der Waals surface area contributed by atoms with Crippen molar-refractivity contribution in [3.8, 4) is 0 Å². The largest absolute Gasteiger partial charge is 0.481 e. The van der Waals surface area contributed by atoms with Crippen LogP contribution in [0.25, 0.3) is 0 Å². The Morgan fingerprint density at radius 3 is 2.58 bits per heavy atom. The first-order valence-electron chi connectivity index (χ1n) is 5.98. The summed E-state index contributed by atoms with van der Waals surface area (Å²) in [6, 6.07) is -0.401. The molecule has 8 heteroatoms. The Bertz CT molecular complexity index is 424. The number of aromatic nitrogens is 4. The predicted octanol–water partition coefficient (Wildman–Crippen LogP) is 0.0688. The van der Waals surface area contributed by atoms with E-state index in [-0.39, 0.29) is 24.3 Å². The second kappa shape index (κ2) is 6.26. The van der Waals surface area contributed by atoms with Crippen LogP contribution in [-0.4, -0.2) is 43.2 Å². The molecule has 1 unspecified atom stereocenters. The van der Waals surface area contributed by atoms with Crippen LogP contribution in [0, 0.1) is 5.41 Å². The SMILES string of the molecule is CC(C)(C)CC(CC(=O)O)NC(=O)Cn1cnnn1. The number of hydrogen-bond donors (Lipinski definition) is 2. The molecule has 1 aromatic heterocycles. The van der Waals surface area contributed by atoms with Crippen LogP contribution in [0.15, 0.2) is 6.33 Å². The summed E-state index contributed by atoms with van der Waals surface area (Å²) in [5.41, 5.74) is -0.0673. The first-order chi connectivity index (χ1) is 8.76. The first kappa shape index (κ1) is 15.1. The molecule has 2 N–H and O–H groups in total. The van der Waals surface area contributed by atoms with Gasteiger partial charge in [0.1, 0.15) is 12.9 Å². The lowest BCUT2D eigenvalue weighted by Gasteiger charge is -2.25. The number of carboxylic acid groups (broad SMARTS) is 1. The molecule has 0 saturated carbocycles. The molecular weight excluding hydrogens is 250 g/mol. The highest BCUT2D eigenvalue weighted by atomic mass is 16.4. The number of hydrogen-bond acceptors (Lipinski definition) is 5. The molecule has 0 bridgehead atoms. The average Bonchev–Trinajstić information content (AvgIpc) is 2.65. The summed E-state index contributed by atoms with van der Waals surface area (Å²) in [5, 5.41) is 22.0. The van der Waals surface area contributed by atoms with Crippen LogP contribution in [0.3, 0.4) is 0 Å². The van der Waals surface area contributed by atoms with E-state index < -0.39 is 12.0 Å². The molecular formula is C11H19N5O3. The van der Waals surface area contributed by atoms with Crippen LogP contribution in [0.1, 0.15) is 33.6 Å². The Hall–Kier alpha value is -1.99. The van der Waals surface area contributed by atoms with E-state index in [9.17, 15) is 9.59 Å².